The summed E-state index contributed by atoms with van der Waals surface area (Å²) < 4.78 is 3.03. The molecule has 0 saturated carbocycles. The molecule has 1 amide bonds. The van der Waals surface area contributed by atoms with E-state index < -0.39 is 0 Å². The Balaban J connectivity index is 1.63. The van der Waals surface area contributed by atoms with Gasteiger partial charge in [-0.2, -0.15) is 0 Å². The maximum absolute atomic E-state index is 12.1. The molecule has 122 valence electrons. The minimum atomic E-state index is -0.00527. The number of amides is 1. The van der Waals surface area contributed by atoms with Gasteiger partial charge >= 0.3 is 0 Å². The van der Waals surface area contributed by atoms with E-state index in [-0.39, 0.29) is 5.91 Å². The van der Waals surface area contributed by atoms with Gasteiger partial charge in [0.2, 0.25) is 5.91 Å². The summed E-state index contributed by atoms with van der Waals surface area (Å²) in [6, 6.07) is 15.9. The quantitative estimate of drug-likeness (QED) is 0.696. The number of imidazole rings is 1. The van der Waals surface area contributed by atoms with Crippen LogP contribution in [0.2, 0.25) is 0 Å². The fraction of sp³-hybridized carbons (Fsp3) is 0.158. The van der Waals surface area contributed by atoms with E-state index in [0.717, 1.165) is 21.4 Å². The molecule has 0 aliphatic carbocycles. The highest BCUT2D eigenvalue weighted by atomic mass is 79.9. The van der Waals surface area contributed by atoms with E-state index in [1.165, 1.54) is 5.56 Å². The van der Waals surface area contributed by atoms with Crippen LogP contribution >= 0.6 is 15.9 Å². The number of carbonyl (C=O) groups is 1. The lowest BCUT2D eigenvalue weighted by Crippen LogP contribution is -2.14. The third-order valence-electron chi connectivity index (χ3n) is 3.77. The number of hydrogen-bond acceptors (Lipinski definition) is 2. The van der Waals surface area contributed by atoms with E-state index >= 15 is 0 Å². The lowest BCUT2D eigenvalue weighted by atomic mass is 10.1. The number of rotatable bonds is 5. The van der Waals surface area contributed by atoms with Crippen molar-refractivity contribution in [2.45, 2.75) is 19.9 Å². The number of nitrogens with zero attached hydrogens (tertiary/aromatic N) is 2. The van der Waals surface area contributed by atoms with Crippen LogP contribution in [0.25, 0.3) is 11.3 Å². The van der Waals surface area contributed by atoms with Crippen molar-refractivity contribution in [2.75, 3.05) is 5.32 Å². The predicted octanol–water partition coefficient (Wildman–Crippen LogP) is 4.65. The summed E-state index contributed by atoms with van der Waals surface area (Å²) in [5, 5.41) is 2.92. The van der Waals surface area contributed by atoms with Crippen molar-refractivity contribution in [3.8, 4) is 11.3 Å². The molecule has 1 N–H and O–H groups in total. The zero-order chi connectivity index (χ0) is 16.9. The Bertz CT molecular complexity index is 823. The predicted molar refractivity (Wildman–Crippen MR) is 99.8 cm³/mol. The van der Waals surface area contributed by atoms with Gasteiger partial charge in [-0.1, -0.05) is 45.8 Å². The van der Waals surface area contributed by atoms with Crippen LogP contribution in [-0.2, 0) is 11.3 Å². The average Bonchev–Trinajstić information content (AvgIpc) is 3.04. The molecule has 0 fully saturated rings. The van der Waals surface area contributed by atoms with Crippen molar-refractivity contribution >= 4 is 27.5 Å². The summed E-state index contributed by atoms with van der Waals surface area (Å²) in [4.78, 5) is 16.3. The Hall–Kier alpha value is -2.40. The van der Waals surface area contributed by atoms with E-state index in [1.54, 1.807) is 6.33 Å². The number of carbonyl (C=O) groups excluding carboxylic acids is 1. The molecule has 0 saturated heterocycles. The summed E-state index contributed by atoms with van der Waals surface area (Å²) in [6.45, 7) is 2.61. The third kappa shape index (κ3) is 4.11. The van der Waals surface area contributed by atoms with Gasteiger partial charge in [0, 0.05) is 23.1 Å². The smallest absolute Gasteiger partial charge is 0.226 e. The van der Waals surface area contributed by atoms with Crippen molar-refractivity contribution in [1.82, 2.24) is 9.55 Å². The average molecular weight is 384 g/mol. The molecule has 4 nitrogen and oxygen atoms in total. The zero-order valence-electron chi connectivity index (χ0n) is 13.4. The Morgan fingerprint density at radius 1 is 1.12 bits per heavy atom. The Kier molecular flexibility index (Phi) is 5.11. The molecular weight excluding hydrogens is 366 g/mol. The molecule has 0 unspecified atom stereocenters. The summed E-state index contributed by atoms with van der Waals surface area (Å²) in [5.74, 6) is -0.00527. The highest BCUT2D eigenvalue weighted by Gasteiger charge is 2.08. The molecule has 0 atom stereocenters. The fourth-order valence-electron chi connectivity index (χ4n) is 2.44. The second-order valence-electron chi connectivity index (χ2n) is 5.64. The molecule has 0 bridgehead atoms. The molecule has 24 heavy (non-hydrogen) atoms. The molecule has 0 radical (unpaired) electrons. The van der Waals surface area contributed by atoms with Crippen LogP contribution < -0.4 is 5.32 Å². The lowest BCUT2D eigenvalue weighted by Gasteiger charge is -2.09. The van der Waals surface area contributed by atoms with Crippen LogP contribution in [0.4, 0.5) is 5.69 Å². The second kappa shape index (κ2) is 7.45. The maximum atomic E-state index is 12.1. The summed E-state index contributed by atoms with van der Waals surface area (Å²) in [6.07, 6.45) is 3.98. The number of aryl methyl sites for hydroxylation is 2. The summed E-state index contributed by atoms with van der Waals surface area (Å²) in [7, 11) is 0. The van der Waals surface area contributed by atoms with Gasteiger partial charge < -0.3 is 9.88 Å². The molecule has 5 heteroatoms. The van der Waals surface area contributed by atoms with Gasteiger partial charge in [0.1, 0.15) is 0 Å². The maximum Gasteiger partial charge on any atom is 0.226 e. The van der Waals surface area contributed by atoms with Gasteiger partial charge in [-0.05, 0) is 36.8 Å². The highest BCUT2D eigenvalue weighted by molar-refractivity contribution is 9.10. The monoisotopic (exact) mass is 383 g/mol. The molecular formula is C19H18BrN3O. The van der Waals surface area contributed by atoms with E-state index in [1.807, 2.05) is 66.2 Å². The first-order valence-electron chi connectivity index (χ1n) is 7.74. The van der Waals surface area contributed by atoms with E-state index in [2.05, 4.69) is 26.2 Å². The number of benzene rings is 2. The molecule has 0 aliphatic heterocycles. The number of halogens is 1. The molecule has 3 aromatic rings. The Morgan fingerprint density at radius 3 is 2.54 bits per heavy atom. The second-order valence-corrected chi connectivity index (χ2v) is 6.56. The van der Waals surface area contributed by atoms with Gasteiger partial charge in [-0.15, -0.1) is 0 Å². The number of hydrogen-bond donors (Lipinski definition) is 1. The van der Waals surface area contributed by atoms with Crippen molar-refractivity contribution in [3.05, 3.63) is 71.1 Å². The molecule has 3 rings (SSSR count). The van der Waals surface area contributed by atoms with Crippen LogP contribution in [0.1, 0.15) is 12.0 Å². The number of nitrogens with one attached hydrogen (secondary N) is 1. The van der Waals surface area contributed by atoms with Crippen LogP contribution in [0, 0.1) is 6.92 Å². The molecule has 2 aromatic carbocycles. The van der Waals surface area contributed by atoms with Crippen LogP contribution in [0.5, 0.6) is 0 Å². The molecule has 1 aromatic heterocycles. The van der Waals surface area contributed by atoms with Crippen molar-refractivity contribution < 1.29 is 4.79 Å². The summed E-state index contributed by atoms with van der Waals surface area (Å²) >= 11 is 3.44. The molecule has 0 aliphatic rings. The topological polar surface area (TPSA) is 46.9 Å². The largest absolute Gasteiger partial charge is 0.330 e. The Morgan fingerprint density at radius 2 is 1.83 bits per heavy atom. The third-order valence-corrected chi connectivity index (χ3v) is 4.30. The van der Waals surface area contributed by atoms with Crippen LogP contribution in [0.3, 0.4) is 0 Å². The van der Waals surface area contributed by atoms with Gasteiger partial charge in [-0.25, -0.2) is 4.98 Å². The first kappa shape index (κ1) is 16.5. The Labute approximate surface area is 149 Å². The standard InChI is InChI=1S/C19H18BrN3O/c1-14-2-8-17(9-3-14)22-19(24)10-11-23-13-21-12-18(23)15-4-6-16(20)7-5-15/h2-9,12-13H,10-11H2,1H3,(H,22,24). The van der Waals surface area contributed by atoms with Crippen molar-refractivity contribution in [2.24, 2.45) is 0 Å². The van der Waals surface area contributed by atoms with Gasteiger partial charge in [0.25, 0.3) is 0 Å². The van der Waals surface area contributed by atoms with E-state index in [9.17, 15) is 4.79 Å². The fourth-order valence-corrected chi connectivity index (χ4v) is 2.71. The summed E-state index contributed by atoms with van der Waals surface area (Å²) in [5.41, 5.74) is 4.08. The van der Waals surface area contributed by atoms with Crippen molar-refractivity contribution in [1.29, 1.82) is 0 Å². The minimum absolute atomic E-state index is 0.00527. The molecule has 1 heterocycles. The lowest BCUT2D eigenvalue weighted by molar-refractivity contribution is -0.116. The zero-order valence-corrected chi connectivity index (χ0v) is 15.0. The SMILES string of the molecule is Cc1ccc(NC(=O)CCn2cncc2-c2ccc(Br)cc2)cc1. The molecule has 0 spiro atoms. The van der Waals surface area contributed by atoms with Crippen LogP contribution in [0.15, 0.2) is 65.5 Å². The van der Waals surface area contributed by atoms with E-state index in [4.69, 9.17) is 0 Å². The first-order valence-corrected chi connectivity index (χ1v) is 8.54. The van der Waals surface area contributed by atoms with E-state index in [0.29, 0.717) is 13.0 Å². The van der Waals surface area contributed by atoms with Gasteiger partial charge in [-0.3, -0.25) is 4.79 Å². The normalized spacial score (nSPS) is 10.6. The van der Waals surface area contributed by atoms with Gasteiger partial charge in [0.05, 0.1) is 18.2 Å². The number of anilines is 1. The van der Waals surface area contributed by atoms with Crippen molar-refractivity contribution in [3.63, 3.8) is 0 Å². The van der Waals surface area contributed by atoms with Crippen LogP contribution in [-0.4, -0.2) is 15.5 Å². The highest BCUT2D eigenvalue weighted by Crippen LogP contribution is 2.21. The number of aromatic nitrogens is 2. The minimum Gasteiger partial charge on any atom is -0.330 e. The first-order chi connectivity index (χ1) is 11.6. The van der Waals surface area contributed by atoms with Gasteiger partial charge in [0.15, 0.2) is 0 Å².